The van der Waals surface area contributed by atoms with E-state index in [-0.39, 0.29) is 11.9 Å². The number of carbonyl (C=O) groups is 1. The van der Waals surface area contributed by atoms with Crippen LogP contribution < -0.4 is 5.32 Å². The molecule has 0 radical (unpaired) electrons. The maximum absolute atomic E-state index is 13.4. The molecule has 0 bridgehead atoms. The number of nitrogens with zero attached hydrogens (tertiary/aromatic N) is 1. The Morgan fingerprint density at radius 2 is 2.16 bits per heavy atom. The van der Waals surface area contributed by atoms with Gasteiger partial charge in [-0.25, -0.2) is 4.39 Å². The molecule has 1 unspecified atom stereocenters. The van der Waals surface area contributed by atoms with Crippen LogP contribution in [0.3, 0.4) is 0 Å². The molecule has 1 aliphatic rings. The molecule has 104 valence electrons. The smallest absolute Gasteiger partial charge is 0.251 e. The first-order chi connectivity index (χ1) is 9.06. The largest absolute Gasteiger partial charge is 0.348 e. The lowest BCUT2D eigenvalue weighted by molar-refractivity contribution is 0.0931. The monoisotopic (exact) mass is 328 g/mol. The van der Waals surface area contributed by atoms with E-state index in [1.807, 2.05) is 6.92 Å². The maximum atomic E-state index is 13.4. The number of amides is 1. The van der Waals surface area contributed by atoms with E-state index in [9.17, 15) is 9.18 Å². The first kappa shape index (κ1) is 14.5. The van der Waals surface area contributed by atoms with Crippen LogP contribution in [0.15, 0.2) is 22.7 Å². The second-order valence-corrected chi connectivity index (χ2v) is 5.87. The highest BCUT2D eigenvalue weighted by molar-refractivity contribution is 9.10. The van der Waals surface area contributed by atoms with Crippen molar-refractivity contribution in [3.05, 3.63) is 34.1 Å². The fourth-order valence-corrected chi connectivity index (χ4v) is 2.59. The average Bonchev–Trinajstić information content (AvgIpc) is 2.85. The fraction of sp³-hybridized carbons (Fsp3) is 0.500. The van der Waals surface area contributed by atoms with Gasteiger partial charge in [-0.3, -0.25) is 4.79 Å². The molecule has 0 aromatic heterocycles. The maximum Gasteiger partial charge on any atom is 0.251 e. The number of nitrogens with one attached hydrogen (secondary N) is 1. The Morgan fingerprint density at radius 3 is 2.79 bits per heavy atom. The van der Waals surface area contributed by atoms with Crippen LogP contribution in [0.1, 0.15) is 30.1 Å². The average molecular weight is 329 g/mol. The van der Waals surface area contributed by atoms with E-state index in [0.29, 0.717) is 10.0 Å². The van der Waals surface area contributed by atoms with Crippen LogP contribution >= 0.6 is 15.9 Å². The summed E-state index contributed by atoms with van der Waals surface area (Å²) in [5.74, 6) is -0.641. The molecule has 2 rings (SSSR count). The number of hydrogen-bond donors (Lipinski definition) is 1. The predicted octanol–water partition coefficient (Wildman–Crippen LogP) is 2.80. The zero-order valence-corrected chi connectivity index (χ0v) is 12.5. The predicted molar refractivity (Wildman–Crippen MR) is 76.7 cm³/mol. The molecule has 1 fully saturated rings. The highest BCUT2D eigenvalue weighted by Gasteiger charge is 2.17. The third-order valence-electron chi connectivity index (χ3n) is 3.29. The van der Waals surface area contributed by atoms with E-state index in [2.05, 4.69) is 26.1 Å². The van der Waals surface area contributed by atoms with Crippen molar-refractivity contribution < 1.29 is 9.18 Å². The molecule has 3 nitrogen and oxygen atoms in total. The SMILES string of the molecule is CC(CN1CCCC1)NC(=O)c1ccc(Br)c(F)c1. The molecule has 1 N–H and O–H groups in total. The van der Waals surface area contributed by atoms with E-state index in [4.69, 9.17) is 0 Å². The van der Waals surface area contributed by atoms with Gasteiger partial charge in [-0.2, -0.15) is 0 Å². The van der Waals surface area contributed by atoms with Crippen molar-refractivity contribution in [2.24, 2.45) is 0 Å². The van der Waals surface area contributed by atoms with E-state index in [1.165, 1.54) is 18.9 Å². The van der Waals surface area contributed by atoms with E-state index in [1.54, 1.807) is 12.1 Å². The first-order valence-electron chi connectivity index (χ1n) is 6.54. The molecular weight excluding hydrogens is 311 g/mol. The van der Waals surface area contributed by atoms with Crippen LogP contribution in [-0.4, -0.2) is 36.5 Å². The highest BCUT2D eigenvalue weighted by Crippen LogP contribution is 2.16. The standard InChI is InChI=1S/C14H18BrFN2O/c1-10(9-18-6-2-3-7-18)17-14(19)11-4-5-12(15)13(16)8-11/h4-5,8,10H,2-3,6-7,9H2,1H3,(H,17,19). The summed E-state index contributed by atoms with van der Waals surface area (Å²) < 4.78 is 13.7. The number of carbonyl (C=O) groups excluding carboxylic acids is 1. The van der Waals surface area contributed by atoms with Crippen molar-refractivity contribution in [1.82, 2.24) is 10.2 Å². The summed E-state index contributed by atoms with van der Waals surface area (Å²) in [5, 5.41) is 2.91. The molecule has 1 amide bonds. The molecule has 1 aromatic carbocycles. The molecule has 1 aromatic rings. The van der Waals surface area contributed by atoms with Crippen molar-refractivity contribution in [1.29, 1.82) is 0 Å². The number of likely N-dealkylation sites (tertiary alicyclic amines) is 1. The van der Waals surface area contributed by atoms with Gasteiger partial charge in [0, 0.05) is 18.2 Å². The Morgan fingerprint density at radius 1 is 1.47 bits per heavy atom. The lowest BCUT2D eigenvalue weighted by atomic mass is 10.2. The summed E-state index contributed by atoms with van der Waals surface area (Å²) in [6.07, 6.45) is 2.47. The highest BCUT2D eigenvalue weighted by atomic mass is 79.9. The van der Waals surface area contributed by atoms with Crippen LogP contribution in [0.25, 0.3) is 0 Å². The Labute approximate surface area is 121 Å². The van der Waals surface area contributed by atoms with Gasteiger partial charge >= 0.3 is 0 Å². The number of halogens is 2. The number of hydrogen-bond acceptors (Lipinski definition) is 2. The second kappa shape index (κ2) is 6.48. The molecule has 0 aliphatic carbocycles. The molecule has 0 spiro atoms. The second-order valence-electron chi connectivity index (χ2n) is 5.01. The zero-order valence-electron chi connectivity index (χ0n) is 11.0. The minimum absolute atomic E-state index is 0.0670. The first-order valence-corrected chi connectivity index (χ1v) is 7.34. The Kier molecular flexibility index (Phi) is 4.93. The summed E-state index contributed by atoms with van der Waals surface area (Å²) in [7, 11) is 0. The zero-order chi connectivity index (χ0) is 13.8. The molecule has 19 heavy (non-hydrogen) atoms. The topological polar surface area (TPSA) is 32.3 Å². The van der Waals surface area contributed by atoms with Gasteiger partial charge in [-0.1, -0.05) is 0 Å². The van der Waals surface area contributed by atoms with Crippen molar-refractivity contribution >= 4 is 21.8 Å². The molecule has 1 saturated heterocycles. The van der Waals surface area contributed by atoms with Gasteiger partial charge in [0.05, 0.1) is 4.47 Å². The minimum Gasteiger partial charge on any atom is -0.348 e. The van der Waals surface area contributed by atoms with E-state index in [0.717, 1.165) is 19.6 Å². The van der Waals surface area contributed by atoms with Crippen molar-refractivity contribution in [3.8, 4) is 0 Å². The third kappa shape index (κ3) is 4.01. The molecule has 1 atom stereocenters. The molecule has 1 heterocycles. The number of rotatable bonds is 4. The van der Waals surface area contributed by atoms with Crippen molar-refractivity contribution in [2.75, 3.05) is 19.6 Å². The van der Waals surface area contributed by atoms with Crippen LogP contribution in [-0.2, 0) is 0 Å². The minimum atomic E-state index is -0.417. The van der Waals surface area contributed by atoms with Crippen LogP contribution in [0.4, 0.5) is 4.39 Å². The summed E-state index contributed by atoms with van der Waals surface area (Å²) in [4.78, 5) is 14.3. The summed E-state index contributed by atoms with van der Waals surface area (Å²) >= 11 is 3.07. The Hall–Kier alpha value is -0.940. The van der Waals surface area contributed by atoms with Gasteiger partial charge < -0.3 is 10.2 Å². The normalized spacial score (nSPS) is 17.4. The van der Waals surface area contributed by atoms with Gasteiger partial charge in [0.15, 0.2) is 0 Å². The van der Waals surface area contributed by atoms with Crippen LogP contribution in [0.2, 0.25) is 0 Å². The van der Waals surface area contributed by atoms with Crippen LogP contribution in [0.5, 0.6) is 0 Å². The summed E-state index contributed by atoms with van der Waals surface area (Å²) in [5.41, 5.74) is 0.356. The summed E-state index contributed by atoms with van der Waals surface area (Å²) in [6.45, 7) is 5.04. The van der Waals surface area contributed by atoms with Gasteiger partial charge in [-0.05, 0) is 67.0 Å². The lowest BCUT2D eigenvalue weighted by Gasteiger charge is -2.21. The van der Waals surface area contributed by atoms with E-state index >= 15 is 0 Å². The number of benzene rings is 1. The third-order valence-corrected chi connectivity index (χ3v) is 3.93. The van der Waals surface area contributed by atoms with Gasteiger partial charge in [-0.15, -0.1) is 0 Å². The van der Waals surface area contributed by atoms with Gasteiger partial charge in [0.1, 0.15) is 5.82 Å². The van der Waals surface area contributed by atoms with Crippen LogP contribution in [0, 0.1) is 5.82 Å². The fourth-order valence-electron chi connectivity index (χ4n) is 2.34. The Balaban J connectivity index is 1.90. The molecule has 1 aliphatic heterocycles. The van der Waals surface area contributed by atoms with Crippen molar-refractivity contribution in [2.45, 2.75) is 25.8 Å². The lowest BCUT2D eigenvalue weighted by Crippen LogP contribution is -2.41. The summed E-state index contributed by atoms with van der Waals surface area (Å²) in [6, 6.07) is 4.49. The van der Waals surface area contributed by atoms with Crippen molar-refractivity contribution in [3.63, 3.8) is 0 Å². The molecule has 5 heteroatoms. The quantitative estimate of drug-likeness (QED) is 0.921. The van der Waals surface area contributed by atoms with Gasteiger partial charge in [0.2, 0.25) is 0 Å². The molecular formula is C14H18BrFN2O. The van der Waals surface area contributed by atoms with E-state index < -0.39 is 5.82 Å². The molecule has 0 saturated carbocycles. The van der Waals surface area contributed by atoms with Gasteiger partial charge in [0.25, 0.3) is 5.91 Å². The Bertz CT molecular complexity index is 461.